The molecule has 0 amide bonds. The molecule has 1 atom stereocenters. The van der Waals surface area contributed by atoms with Crippen molar-refractivity contribution in [2.45, 2.75) is 31.9 Å². The summed E-state index contributed by atoms with van der Waals surface area (Å²) in [6.45, 7) is 1.03. The van der Waals surface area contributed by atoms with E-state index >= 15 is 0 Å². The quantitative estimate of drug-likeness (QED) is 0.542. The zero-order valence-corrected chi connectivity index (χ0v) is 12.5. The first-order valence-electron chi connectivity index (χ1n) is 7.92. The van der Waals surface area contributed by atoms with Crippen LogP contribution in [0.5, 0.6) is 0 Å². The fourth-order valence-corrected chi connectivity index (χ4v) is 1.73. The average molecular weight is 303 g/mol. The van der Waals surface area contributed by atoms with E-state index in [1.807, 2.05) is 30.3 Å². The van der Waals surface area contributed by atoms with Crippen LogP contribution in [0.3, 0.4) is 0 Å². The third-order valence-corrected chi connectivity index (χ3v) is 2.85. The van der Waals surface area contributed by atoms with Gasteiger partial charge in [-0.15, -0.1) is 12.4 Å². The molecule has 20 heavy (non-hydrogen) atoms. The Bertz CT molecular complexity index is 396. The molecule has 5 heteroatoms. The Morgan fingerprint density at radius 3 is 2.80 bits per heavy atom. The van der Waals surface area contributed by atoms with Crippen LogP contribution in [0.4, 0.5) is 0 Å². The molecule has 0 saturated carbocycles. The van der Waals surface area contributed by atoms with Crippen molar-refractivity contribution in [2.75, 3.05) is 20.6 Å². The van der Waals surface area contributed by atoms with E-state index in [4.69, 9.17) is 7.48 Å². The number of hydrogen-bond acceptors (Lipinski definition) is 4. The predicted octanol–water partition coefficient (Wildman–Crippen LogP) is 2.13. The van der Waals surface area contributed by atoms with E-state index in [0.717, 1.165) is 24.9 Å². The summed E-state index contributed by atoms with van der Waals surface area (Å²) < 4.78 is 19.5. The van der Waals surface area contributed by atoms with Crippen LogP contribution in [0, 0.1) is 0 Å². The molecule has 0 fully saturated rings. The van der Waals surface area contributed by atoms with Gasteiger partial charge in [-0.3, -0.25) is 4.79 Å². The minimum atomic E-state index is -0.429. The molecular weight excluding hydrogens is 276 g/mol. The Labute approximate surface area is 130 Å². The van der Waals surface area contributed by atoms with Gasteiger partial charge in [-0.25, -0.2) is 0 Å². The summed E-state index contributed by atoms with van der Waals surface area (Å²) in [5.41, 5.74) is 0.954. The number of carbonyl (C=O) groups is 1. The molecule has 0 radical (unpaired) electrons. The van der Waals surface area contributed by atoms with Gasteiger partial charge in [0.05, 0.1) is 0 Å². The molecule has 0 saturated heterocycles. The Morgan fingerprint density at radius 2 is 2.10 bits per heavy atom. The molecule has 2 N–H and O–H groups in total. The van der Waals surface area contributed by atoms with Gasteiger partial charge in [0.2, 0.25) is 0 Å². The van der Waals surface area contributed by atoms with E-state index in [2.05, 4.69) is 10.6 Å². The molecular formula is C15H25ClN2O2. The summed E-state index contributed by atoms with van der Waals surface area (Å²) >= 11 is 0. The van der Waals surface area contributed by atoms with E-state index in [0.29, 0.717) is 6.42 Å². The van der Waals surface area contributed by atoms with Crippen LogP contribution in [0.25, 0.3) is 0 Å². The number of carbonyl (C=O) groups excluding carboxylic acids is 1. The van der Waals surface area contributed by atoms with Crippen molar-refractivity contribution in [3.63, 3.8) is 0 Å². The standard InChI is InChI=1S/C15H24N2O2.ClH/c1-16-11-7-6-10-14(17-2)15(18)19-12-13-8-4-3-5-9-13;/h3-5,8-9,14,16-17H,6-7,10-12H2,1-2H3;1H/t14-;/m0./s1/i1D,2D;. The molecule has 0 aliphatic carbocycles. The maximum absolute atomic E-state index is 12.0. The lowest BCUT2D eigenvalue weighted by Crippen LogP contribution is -2.35. The highest BCUT2D eigenvalue weighted by Crippen LogP contribution is 2.06. The molecule has 0 aromatic heterocycles. The summed E-state index contributed by atoms with van der Waals surface area (Å²) in [7, 11) is 0.212. The van der Waals surface area contributed by atoms with Crippen LogP contribution in [0.2, 0.25) is 0 Å². The number of benzene rings is 1. The molecule has 114 valence electrons. The maximum atomic E-state index is 12.0. The molecule has 0 spiro atoms. The zero-order valence-electron chi connectivity index (χ0n) is 13.6. The van der Waals surface area contributed by atoms with Crippen molar-refractivity contribution in [2.24, 2.45) is 0 Å². The Kier molecular flexibility index (Phi) is 8.95. The summed E-state index contributed by atoms with van der Waals surface area (Å²) in [6, 6.07) is 9.12. The Morgan fingerprint density at radius 1 is 1.30 bits per heavy atom. The molecule has 4 nitrogen and oxygen atoms in total. The monoisotopic (exact) mass is 302 g/mol. The summed E-state index contributed by atoms with van der Waals surface area (Å²) in [6.07, 6.45) is 2.40. The summed E-state index contributed by atoms with van der Waals surface area (Å²) in [5, 5.41) is 5.77. The van der Waals surface area contributed by atoms with Gasteiger partial charge in [0, 0.05) is 2.74 Å². The highest BCUT2D eigenvalue weighted by atomic mass is 35.5. The highest BCUT2D eigenvalue weighted by molar-refractivity contribution is 5.85. The lowest BCUT2D eigenvalue weighted by Gasteiger charge is -2.15. The number of ether oxygens (including phenoxy) is 1. The fourth-order valence-electron chi connectivity index (χ4n) is 1.73. The van der Waals surface area contributed by atoms with Crippen LogP contribution >= 0.6 is 12.4 Å². The minimum Gasteiger partial charge on any atom is -0.460 e. The molecule has 0 bridgehead atoms. The Balaban J connectivity index is 0.00000441. The summed E-state index contributed by atoms with van der Waals surface area (Å²) in [5.74, 6) is -0.306. The minimum absolute atomic E-state index is 0. The predicted molar refractivity (Wildman–Crippen MR) is 84.1 cm³/mol. The first kappa shape index (κ1) is 15.3. The van der Waals surface area contributed by atoms with Crippen molar-refractivity contribution in [3.8, 4) is 0 Å². The van der Waals surface area contributed by atoms with E-state index in [1.165, 1.54) is 0 Å². The van der Waals surface area contributed by atoms with Gasteiger partial charge < -0.3 is 15.4 Å². The zero-order chi connectivity index (χ0) is 15.3. The van der Waals surface area contributed by atoms with Gasteiger partial charge in [-0.2, -0.15) is 0 Å². The van der Waals surface area contributed by atoms with Crippen molar-refractivity contribution in [1.82, 2.24) is 10.6 Å². The van der Waals surface area contributed by atoms with Crippen LogP contribution in [-0.4, -0.2) is 32.6 Å². The van der Waals surface area contributed by atoms with Gasteiger partial charge in [0.25, 0.3) is 0 Å². The van der Waals surface area contributed by atoms with Gasteiger partial charge in [0.15, 0.2) is 0 Å². The number of likely N-dealkylation sites (N-methyl/N-ethyl adjacent to an activating group) is 1. The molecule has 0 aliphatic rings. The number of unbranched alkanes of at least 4 members (excludes halogenated alkanes) is 1. The van der Waals surface area contributed by atoms with Crippen molar-refractivity contribution < 1.29 is 12.3 Å². The largest absolute Gasteiger partial charge is 0.460 e. The van der Waals surface area contributed by atoms with Crippen LogP contribution < -0.4 is 10.6 Å². The highest BCUT2D eigenvalue weighted by Gasteiger charge is 2.17. The molecule has 1 aromatic carbocycles. The average Bonchev–Trinajstić information content (AvgIpc) is 2.52. The van der Waals surface area contributed by atoms with Crippen LogP contribution in [-0.2, 0) is 16.1 Å². The van der Waals surface area contributed by atoms with E-state index in [9.17, 15) is 4.79 Å². The Hall–Kier alpha value is -1.10. The summed E-state index contributed by atoms with van der Waals surface area (Å²) in [4.78, 5) is 12.0. The lowest BCUT2D eigenvalue weighted by atomic mass is 10.1. The second kappa shape index (κ2) is 11.7. The fraction of sp³-hybridized carbons (Fsp3) is 0.533. The number of nitrogens with one attached hydrogen (secondary N) is 2. The van der Waals surface area contributed by atoms with Crippen molar-refractivity contribution in [3.05, 3.63) is 35.9 Å². The second-order valence-electron chi connectivity index (χ2n) is 4.35. The number of rotatable bonds is 9. The lowest BCUT2D eigenvalue weighted by molar-refractivity contribution is -0.147. The van der Waals surface area contributed by atoms with E-state index in [1.54, 1.807) is 0 Å². The van der Waals surface area contributed by atoms with Crippen LogP contribution in [0.1, 0.15) is 27.6 Å². The molecule has 1 aromatic rings. The topological polar surface area (TPSA) is 50.4 Å². The third kappa shape index (κ3) is 7.48. The third-order valence-electron chi connectivity index (χ3n) is 2.85. The maximum Gasteiger partial charge on any atom is 0.323 e. The normalized spacial score (nSPS) is 12.8. The smallest absolute Gasteiger partial charge is 0.323 e. The van der Waals surface area contributed by atoms with Crippen molar-refractivity contribution >= 4 is 18.4 Å². The first-order valence-corrected chi connectivity index (χ1v) is 6.51. The van der Waals surface area contributed by atoms with Gasteiger partial charge in [-0.05, 0) is 39.0 Å². The van der Waals surface area contributed by atoms with E-state index < -0.39 is 6.04 Å². The second-order valence-corrected chi connectivity index (χ2v) is 4.35. The van der Waals surface area contributed by atoms with Gasteiger partial charge in [-0.1, -0.05) is 36.8 Å². The van der Waals surface area contributed by atoms with Crippen molar-refractivity contribution in [1.29, 1.82) is 0 Å². The van der Waals surface area contributed by atoms with Gasteiger partial charge in [0.1, 0.15) is 12.6 Å². The van der Waals surface area contributed by atoms with E-state index in [-0.39, 0.29) is 39.0 Å². The van der Waals surface area contributed by atoms with Gasteiger partial charge >= 0.3 is 5.97 Å². The molecule has 0 aliphatic heterocycles. The number of hydrogen-bond donors (Lipinski definition) is 2. The number of esters is 1. The number of halogens is 1. The molecule has 1 rings (SSSR count). The molecule has 0 heterocycles. The van der Waals surface area contributed by atoms with Crippen LogP contribution in [0.15, 0.2) is 30.3 Å². The molecule has 0 unspecified atom stereocenters. The first-order chi connectivity index (χ1) is 10.3. The SMILES string of the molecule is Cl.[2H]CNCCCC[C@H](NC[2H])C(=O)OCc1ccccc1.